The lowest BCUT2D eigenvalue weighted by atomic mass is 10.1. The molecule has 0 heterocycles. The molecule has 1 atom stereocenters. The van der Waals surface area contributed by atoms with Crippen molar-refractivity contribution in [1.29, 1.82) is 0 Å². The number of anilines is 1. The minimum Gasteiger partial charge on any atom is -0.465 e. The van der Waals surface area contributed by atoms with Crippen LogP contribution in [0.25, 0.3) is 0 Å². The number of carbonyl (C=O) groups is 1. The molecule has 1 rings (SSSR count). The molecule has 1 N–H and O–H groups in total. The lowest BCUT2D eigenvalue weighted by Gasteiger charge is -2.12. The third-order valence-corrected chi connectivity index (χ3v) is 2.35. The van der Waals surface area contributed by atoms with Crippen molar-refractivity contribution in [2.45, 2.75) is 13.0 Å². The second-order valence-corrected chi connectivity index (χ2v) is 3.65. The fourth-order valence-corrected chi connectivity index (χ4v) is 1.36. The lowest BCUT2D eigenvalue weighted by molar-refractivity contribution is -0.384. The summed E-state index contributed by atoms with van der Waals surface area (Å²) in [5, 5.41) is 13.8. The summed E-state index contributed by atoms with van der Waals surface area (Å²) in [5.41, 5.74) is 0.411. The van der Waals surface area contributed by atoms with Crippen molar-refractivity contribution in [2.24, 2.45) is 0 Å². The zero-order valence-electron chi connectivity index (χ0n) is 10.2. The molecule has 0 aromatic heterocycles. The molecule has 0 spiro atoms. The van der Waals surface area contributed by atoms with Gasteiger partial charge in [-0.2, -0.15) is 0 Å². The first-order valence-corrected chi connectivity index (χ1v) is 5.25. The van der Waals surface area contributed by atoms with Crippen LogP contribution in [-0.2, 0) is 4.74 Å². The number of esters is 1. The summed E-state index contributed by atoms with van der Waals surface area (Å²) in [4.78, 5) is 21.7. The first-order chi connectivity index (χ1) is 8.49. The quantitative estimate of drug-likeness (QED) is 0.375. The molecular formula is C12H14N2O4. The molecule has 0 aliphatic heterocycles. The van der Waals surface area contributed by atoms with E-state index in [0.29, 0.717) is 0 Å². The van der Waals surface area contributed by atoms with Gasteiger partial charge < -0.3 is 10.1 Å². The number of hydrogen-bond donors (Lipinski definition) is 1. The van der Waals surface area contributed by atoms with E-state index in [9.17, 15) is 14.9 Å². The van der Waals surface area contributed by atoms with Crippen LogP contribution in [-0.4, -0.2) is 24.0 Å². The van der Waals surface area contributed by atoms with Gasteiger partial charge in [-0.3, -0.25) is 10.1 Å². The van der Waals surface area contributed by atoms with Crippen LogP contribution in [0, 0.1) is 10.1 Å². The van der Waals surface area contributed by atoms with Gasteiger partial charge in [0.2, 0.25) is 0 Å². The van der Waals surface area contributed by atoms with Crippen molar-refractivity contribution in [1.82, 2.24) is 0 Å². The number of hydrogen-bond acceptors (Lipinski definition) is 5. The van der Waals surface area contributed by atoms with Gasteiger partial charge in [0, 0.05) is 12.1 Å². The molecule has 6 nitrogen and oxygen atoms in total. The third kappa shape index (κ3) is 3.07. The maximum atomic E-state index is 11.4. The summed E-state index contributed by atoms with van der Waals surface area (Å²) in [6.45, 7) is 5.37. The van der Waals surface area contributed by atoms with Crippen LogP contribution in [0.15, 0.2) is 30.9 Å². The first-order valence-electron chi connectivity index (χ1n) is 5.25. The zero-order chi connectivity index (χ0) is 13.7. The van der Waals surface area contributed by atoms with Gasteiger partial charge in [-0.05, 0) is 19.1 Å². The second kappa shape index (κ2) is 5.81. The monoisotopic (exact) mass is 250 g/mol. The number of ether oxygens (including phenoxy) is 1. The smallest absolute Gasteiger partial charge is 0.337 e. The molecule has 0 bridgehead atoms. The Hall–Kier alpha value is -2.37. The maximum absolute atomic E-state index is 11.4. The minimum absolute atomic E-state index is 0.101. The Morgan fingerprint density at radius 1 is 1.61 bits per heavy atom. The molecule has 0 radical (unpaired) electrons. The first kappa shape index (κ1) is 13.7. The number of nitrogens with one attached hydrogen (secondary N) is 1. The van der Waals surface area contributed by atoms with E-state index in [1.807, 2.05) is 0 Å². The molecule has 0 aliphatic rings. The van der Waals surface area contributed by atoms with E-state index in [1.165, 1.54) is 25.3 Å². The molecule has 96 valence electrons. The summed E-state index contributed by atoms with van der Waals surface area (Å²) in [6, 6.07) is 3.86. The molecule has 0 fully saturated rings. The highest BCUT2D eigenvalue weighted by molar-refractivity contribution is 5.91. The number of carbonyl (C=O) groups excluding carboxylic acids is 1. The van der Waals surface area contributed by atoms with E-state index < -0.39 is 10.9 Å². The Morgan fingerprint density at radius 2 is 2.28 bits per heavy atom. The number of nitrogens with zero attached hydrogens (tertiary/aromatic N) is 1. The Morgan fingerprint density at radius 3 is 2.78 bits per heavy atom. The van der Waals surface area contributed by atoms with Gasteiger partial charge in [0.1, 0.15) is 5.69 Å². The van der Waals surface area contributed by atoms with Gasteiger partial charge in [-0.1, -0.05) is 6.08 Å². The molecule has 0 saturated heterocycles. The molecule has 0 amide bonds. The van der Waals surface area contributed by atoms with Crippen LogP contribution in [0.2, 0.25) is 0 Å². The highest BCUT2D eigenvalue weighted by atomic mass is 16.6. The van der Waals surface area contributed by atoms with Crippen LogP contribution in [0.5, 0.6) is 0 Å². The van der Waals surface area contributed by atoms with Crippen molar-refractivity contribution in [2.75, 3.05) is 12.4 Å². The van der Waals surface area contributed by atoms with Crippen LogP contribution < -0.4 is 5.32 Å². The van der Waals surface area contributed by atoms with Gasteiger partial charge in [0.05, 0.1) is 17.6 Å². The molecular weight excluding hydrogens is 236 g/mol. The summed E-state index contributed by atoms with van der Waals surface area (Å²) in [7, 11) is 1.25. The predicted molar refractivity (Wildman–Crippen MR) is 67.7 cm³/mol. The van der Waals surface area contributed by atoms with Crippen LogP contribution in [0.3, 0.4) is 0 Å². The van der Waals surface area contributed by atoms with E-state index in [1.54, 1.807) is 13.0 Å². The largest absolute Gasteiger partial charge is 0.465 e. The predicted octanol–water partition coefficient (Wildman–Crippen LogP) is 2.37. The highest BCUT2D eigenvalue weighted by Crippen LogP contribution is 2.26. The SMILES string of the molecule is C=CC(C)Nc1cc(C(=O)OC)ccc1[N+](=O)[O-]. The van der Waals surface area contributed by atoms with E-state index in [4.69, 9.17) is 0 Å². The molecule has 1 aromatic rings. The van der Waals surface area contributed by atoms with Gasteiger partial charge in [-0.15, -0.1) is 6.58 Å². The summed E-state index contributed by atoms with van der Waals surface area (Å²) >= 11 is 0. The molecule has 0 saturated carbocycles. The number of rotatable bonds is 5. The van der Waals surface area contributed by atoms with Crippen LogP contribution in [0.1, 0.15) is 17.3 Å². The van der Waals surface area contributed by atoms with E-state index in [0.717, 1.165) is 0 Å². The van der Waals surface area contributed by atoms with Crippen LogP contribution >= 0.6 is 0 Å². The average Bonchev–Trinajstić information content (AvgIpc) is 2.37. The van der Waals surface area contributed by atoms with Crippen LogP contribution in [0.4, 0.5) is 11.4 Å². The molecule has 1 unspecified atom stereocenters. The lowest BCUT2D eigenvalue weighted by Crippen LogP contribution is -2.13. The Kier molecular flexibility index (Phi) is 4.42. The number of benzene rings is 1. The number of nitro benzene ring substituents is 1. The summed E-state index contributed by atoms with van der Waals surface area (Å²) < 4.78 is 4.57. The Bertz CT molecular complexity index is 485. The number of methoxy groups -OCH3 is 1. The average molecular weight is 250 g/mol. The van der Waals surface area contributed by atoms with Gasteiger partial charge in [-0.25, -0.2) is 4.79 Å². The Balaban J connectivity index is 3.19. The summed E-state index contributed by atoms with van der Waals surface area (Å²) in [6.07, 6.45) is 1.61. The number of nitro groups is 1. The normalized spacial score (nSPS) is 11.4. The van der Waals surface area contributed by atoms with E-state index in [2.05, 4.69) is 16.6 Å². The fourth-order valence-electron chi connectivity index (χ4n) is 1.36. The Labute approximate surface area is 104 Å². The van der Waals surface area contributed by atoms with Crippen molar-refractivity contribution < 1.29 is 14.5 Å². The van der Waals surface area contributed by atoms with Crippen molar-refractivity contribution >= 4 is 17.3 Å². The molecule has 6 heteroatoms. The fraction of sp³-hybridized carbons (Fsp3) is 0.250. The minimum atomic E-state index is -0.542. The second-order valence-electron chi connectivity index (χ2n) is 3.65. The highest BCUT2D eigenvalue weighted by Gasteiger charge is 2.17. The van der Waals surface area contributed by atoms with Gasteiger partial charge in [0.15, 0.2) is 0 Å². The zero-order valence-corrected chi connectivity index (χ0v) is 10.2. The topological polar surface area (TPSA) is 81.5 Å². The van der Waals surface area contributed by atoms with Crippen molar-refractivity contribution in [3.05, 3.63) is 46.5 Å². The maximum Gasteiger partial charge on any atom is 0.337 e. The van der Waals surface area contributed by atoms with Gasteiger partial charge in [0.25, 0.3) is 5.69 Å². The molecule has 1 aromatic carbocycles. The molecule has 18 heavy (non-hydrogen) atoms. The van der Waals surface area contributed by atoms with E-state index >= 15 is 0 Å². The summed E-state index contributed by atoms with van der Waals surface area (Å²) in [5.74, 6) is -0.542. The molecule has 0 aliphatic carbocycles. The standard InChI is InChI=1S/C12H14N2O4/c1-4-8(2)13-10-7-9(12(15)18-3)5-6-11(10)14(16)17/h4-8,13H,1H2,2-3H3. The van der Waals surface area contributed by atoms with E-state index in [-0.39, 0.29) is 23.0 Å². The van der Waals surface area contributed by atoms with Crippen molar-refractivity contribution in [3.8, 4) is 0 Å². The van der Waals surface area contributed by atoms with Gasteiger partial charge >= 0.3 is 5.97 Å². The third-order valence-electron chi connectivity index (χ3n) is 2.35. The van der Waals surface area contributed by atoms with Crippen molar-refractivity contribution in [3.63, 3.8) is 0 Å².